The van der Waals surface area contributed by atoms with Gasteiger partial charge in [0.15, 0.2) is 0 Å². The van der Waals surface area contributed by atoms with Gasteiger partial charge in [0.25, 0.3) is 0 Å². The molecule has 2 rings (SSSR count). The second-order valence-electron chi connectivity index (χ2n) is 3.82. The highest BCUT2D eigenvalue weighted by Crippen LogP contribution is 2.34. The van der Waals surface area contributed by atoms with Gasteiger partial charge < -0.3 is 0 Å². The molecule has 0 nitrogen and oxygen atoms in total. The van der Waals surface area contributed by atoms with Crippen LogP contribution >= 0.6 is 23.6 Å². The van der Waals surface area contributed by atoms with Crippen molar-refractivity contribution in [2.75, 3.05) is 0 Å². The molecule has 70 valence electrons. The smallest absolute Gasteiger partial charge is 0.00832 e. The molecule has 1 aromatic rings. The molecule has 0 amide bonds. The standard InChI is InChI=1S/C11H14S2/c1-7-8(2)13-11-4-3-9(6-12)5-10(7)11/h6,9H,3-5H2,1-2H3. The van der Waals surface area contributed by atoms with Crippen LogP contribution in [0.25, 0.3) is 0 Å². The summed E-state index contributed by atoms with van der Waals surface area (Å²) in [5.74, 6) is 0.648. The lowest BCUT2D eigenvalue weighted by Gasteiger charge is -2.18. The van der Waals surface area contributed by atoms with E-state index >= 15 is 0 Å². The van der Waals surface area contributed by atoms with Crippen LogP contribution in [0.2, 0.25) is 0 Å². The fourth-order valence-electron chi connectivity index (χ4n) is 2.01. The Hall–Kier alpha value is -0.210. The monoisotopic (exact) mass is 210 g/mol. The predicted molar refractivity (Wildman–Crippen MR) is 63.0 cm³/mol. The van der Waals surface area contributed by atoms with Crippen molar-refractivity contribution in [1.82, 2.24) is 0 Å². The summed E-state index contributed by atoms with van der Waals surface area (Å²) in [6, 6.07) is 0. The van der Waals surface area contributed by atoms with Gasteiger partial charge in [-0.15, -0.1) is 11.3 Å². The van der Waals surface area contributed by atoms with Gasteiger partial charge in [-0.2, -0.15) is 0 Å². The SMILES string of the molecule is Cc1sc2c(c1C)CC(C=S)CC2. The minimum absolute atomic E-state index is 0.648. The molecule has 1 aromatic heterocycles. The van der Waals surface area contributed by atoms with Gasteiger partial charge in [-0.25, -0.2) is 0 Å². The molecule has 13 heavy (non-hydrogen) atoms. The Morgan fingerprint density at radius 2 is 2.23 bits per heavy atom. The van der Waals surface area contributed by atoms with Gasteiger partial charge in [0.1, 0.15) is 0 Å². The molecule has 0 spiro atoms. The van der Waals surface area contributed by atoms with Crippen molar-refractivity contribution in [2.45, 2.75) is 33.1 Å². The highest BCUT2D eigenvalue weighted by atomic mass is 32.1. The molecule has 0 aliphatic heterocycles. The number of rotatable bonds is 1. The molecule has 0 N–H and O–H groups in total. The first kappa shape index (κ1) is 9.35. The Bertz CT molecular complexity index is 336. The summed E-state index contributed by atoms with van der Waals surface area (Å²) >= 11 is 7.01. The molecule has 1 heterocycles. The lowest BCUT2D eigenvalue weighted by molar-refractivity contribution is 0.604. The number of hydrogen-bond acceptors (Lipinski definition) is 2. The van der Waals surface area contributed by atoms with Crippen LogP contribution in [0.4, 0.5) is 0 Å². The quantitative estimate of drug-likeness (QED) is 0.640. The van der Waals surface area contributed by atoms with Gasteiger partial charge in [-0.05, 0) is 55.5 Å². The minimum atomic E-state index is 0.648. The molecule has 1 unspecified atom stereocenters. The molecule has 1 aliphatic carbocycles. The largest absolute Gasteiger partial charge is 0.145 e. The lowest BCUT2D eigenvalue weighted by Crippen LogP contribution is -2.13. The highest BCUT2D eigenvalue weighted by Gasteiger charge is 2.21. The van der Waals surface area contributed by atoms with E-state index in [0.717, 1.165) is 0 Å². The van der Waals surface area contributed by atoms with Crippen molar-refractivity contribution in [3.63, 3.8) is 0 Å². The van der Waals surface area contributed by atoms with Crippen LogP contribution in [0, 0.1) is 19.8 Å². The van der Waals surface area contributed by atoms with E-state index in [-0.39, 0.29) is 0 Å². The zero-order chi connectivity index (χ0) is 9.42. The molecule has 0 saturated heterocycles. The van der Waals surface area contributed by atoms with Crippen molar-refractivity contribution in [2.24, 2.45) is 5.92 Å². The van der Waals surface area contributed by atoms with E-state index in [4.69, 9.17) is 12.2 Å². The number of aryl methyl sites for hydroxylation is 2. The van der Waals surface area contributed by atoms with Crippen LogP contribution in [0.15, 0.2) is 0 Å². The first-order valence-corrected chi connectivity index (χ1v) is 6.04. The zero-order valence-corrected chi connectivity index (χ0v) is 9.73. The van der Waals surface area contributed by atoms with E-state index in [2.05, 4.69) is 13.8 Å². The van der Waals surface area contributed by atoms with Gasteiger partial charge in [-0.1, -0.05) is 12.2 Å². The van der Waals surface area contributed by atoms with Crippen molar-refractivity contribution in [3.8, 4) is 0 Å². The summed E-state index contributed by atoms with van der Waals surface area (Å²) in [4.78, 5) is 3.11. The van der Waals surface area contributed by atoms with E-state index in [1.165, 1.54) is 29.7 Å². The molecular formula is C11H14S2. The summed E-state index contributed by atoms with van der Waals surface area (Å²) in [6.07, 6.45) is 3.69. The van der Waals surface area contributed by atoms with Crippen LogP contribution in [0.1, 0.15) is 27.3 Å². The molecule has 2 heteroatoms. The van der Waals surface area contributed by atoms with Crippen molar-refractivity contribution in [3.05, 3.63) is 20.9 Å². The summed E-state index contributed by atoms with van der Waals surface area (Å²) in [7, 11) is 0. The summed E-state index contributed by atoms with van der Waals surface area (Å²) < 4.78 is 0. The zero-order valence-electron chi connectivity index (χ0n) is 8.09. The van der Waals surface area contributed by atoms with Crippen molar-refractivity contribution in [1.29, 1.82) is 0 Å². The molecule has 0 saturated carbocycles. The third kappa shape index (κ3) is 1.57. The molecule has 1 aliphatic rings. The molecule has 0 bridgehead atoms. The van der Waals surface area contributed by atoms with Crippen LogP contribution in [0.3, 0.4) is 0 Å². The van der Waals surface area contributed by atoms with Gasteiger partial charge in [0.2, 0.25) is 0 Å². The van der Waals surface area contributed by atoms with Crippen LogP contribution in [-0.2, 0) is 12.8 Å². The summed E-state index contributed by atoms with van der Waals surface area (Å²) in [5.41, 5.74) is 3.11. The molecule has 0 aromatic carbocycles. The maximum Gasteiger partial charge on any atom is 0.00832 e. The Morgan fingerprint density at radius 1 is 1.46 bits per heavy atom. The van der Waals surface area contributed by atoms with Crippen molar-refractivity contribution < 1.29 is 0 Å². The first-order valence-electron chi connectivity index (χ1n) is 4.75. The third-order valence-electron chi connectivity index (χ3n) is 2.99. The van der Waals surface area contributed by atoms with E-state index in [1.54, 1.807) is 10.4 Å². The van der Waals surface area contributed by atoms with Gasteiger partial charge in [0.05, 0.1) is 0 Å². The van der Waals surface area contributed by atoms with E-state index in [9.17, 15) is 0 Å². The predicted octanol–water partition coefficient (Wildman–Crippen LogP) is 3.47. The van der Waals surface area contributed by atoms with Crippen LogP contribution in [0.5, 0.6) is 0 Å². The number of thiocarbonyl (C=S) groups is 1. The van der Waals surface area contributed by atoms with Crippen LogP contribution < -0.4 is 0 Å². The number of fused-ring (bicyclic) bond motifs is 1. The van der Waals surface area contributed by atoms with E-state index in [1.807, 2.05) is 16.7 Å². The normalized spacial score (nSPS) is 21.2. The summed E-state index contributed by atoms with van der Waals surface area (Å²) in [6.45, 7) is 4.47. The average molecular weight is 210 g/mol. The Balaban J connectivity index is 2.37. The highest BCUT2D eigenvalue weighted by molar-refractivity contribution is 7.79. The van der Waals surface area contributed by atoms with Gasteiger partial charge in [-0.3, -0.25) is 0 Å². The second kappa shape index (κ2) is 3.50. The summed E-state index contributed by atoms with van der Waals surface area (Å²) in [5, 5.41) is 1.95. The molecular weight excluding hydrogens is 196 g/mol. The Kier molecular flexibility index (Phi) is 2.52. The van der Waals surface area contributed by atoms with Crippen molar-refractivity contribution >= 4 is 28.9 Å². The minimum Gasteiger partial charge on any atom is -0.145 e. The molecule has 0 fully saturated rings. The van der Waals surface area contributed by atoms with E-state index in [0.29, 0.717) is 5.92 Å². The van der Waals surface area contributed by atoms with E-state index < -0.39 is 0 Å². The fraction of sp³-hybridized carbons (Fsp3) is 0.545. The molecule has 1 atom stereocenters. The van der Waals surface area contributed by atoms with Gasteiger partial charge >= 0.3 is 0 Å². The third-order valence-corrected chi connectivity index (χ3v) is 4.69. The number of hydrogen-bond donors (Lipinski definition) is 0. The maximum atomic E-state index is 5.03. The van der Waals surface area contributed by atoms with Gasteiger partial charge in [0, 0.05) is 9.75 Å². The lowest BCUT2D eigenvalue weighted by atomic mass is 9.88. The second-order valence-corrected chi connectivity index (χ2v) is 5.41. The maximum absolute atomic E-state index is 5.03. The Morgan fingerprint density at radius 3 is 2.92 bits per heavy atom. The topological polar surface area (TPSA) is 0 Å². The van der Waals surface area contributed by atoms with Crippen LogP contribution in [-0.4, -0.2) is 5.37 Å². The number of thiophene rings is 1. The first-order chi connectivity index (χ1) is 6.22. The fourth-order valence-corrected chi connectivity index (χ4v) is 3.47. The molecule has 0 radical (unpaired) electrons. The Labute approximate surface area is 89.0 Å². The average Bonchev–Trinajstić information content (AvgIpc) is 2.43.